The number of amides is 1. The lowest BCUT2D eigenvalue weighted by Crippen LogP contribution is -2.17. The van der Waals surface area contributed by atoms with Crippen molar-refractivity contribution >= 4 is 51.0 Å². The van der Waals surface area contributed by atoms with Gasteiger partial charge >= 0.3 is 5.76 Å². The fourth-order valence-corrected chi connectivity index (χ4v) is 2.89. The molecule has 3 rings (SSSR count). The van der Waals surface area contributed by atoms with E-state index >= 15 is 0 Å². The molecule has 0 aliphatic rings. The molecule has 1 N–H and O–H groups in total. The van der Waals surface area contributed by atoms with Gasteiger partial charge in [0.25, 0.3) is 5.69 Å². The second-order valence-corrected chi connectivity index (χ2v) is 6.83. The molecule has 0 spiro atoms. The van der Waals surface area contributed by atoms with Gasteiger partial charge in [-0.05, 0) is 59.3 Å². The van der Waals surface area contributed by atoms with E-state index < -0.39 is 10.7 Å². The molecule has 2 aromatic carbocycles. The predicted octanol–water partition coefficient (Wildman–Crippen LogP) is 3.53. The topological polar surface area (TPSA) is 107 Å². The Labute approximate surface area is 161 Å². The van der Waals surface area contributed by atoms with Crippen molar-refractivity contribution in [3.8, 4) is 0 Å². The van der Waals surface area contributed by atoms with Gasteiger partial charge in [-0.1, -0.05) is 0 Å². The number of nitro groups is 1. The van der Waals surface area contributed by atoms with E-state index in [9.17, 15) is 19.7 Å². The van der Waals surface area contributed by atoms with Gasteiger partial charge in [-0.3, -0.25) is 19.5 Å². The number of benzene rings is 2. The van der Waals surface area contributed by atoms with E-state index in [1.54, 1.807) is 0 Å². The number of nitrogens with one attached hydrogen (secondary N) is 1. The number of nitrogens with zero attached hydrogens (tertiary/aromatic N) is 2. The minimum atomic E-state index is -0.599. The first kappa shape index (κ1) is 18.1. The number of hydrogen-bond acceptors (Lipinski definition) is 5. The second kappa shape index (κ2) is 7.68. The summed E-state index contributed by atoms with van der Waals surface area (Å²) in [6.45, 7) is 0.282. The third-order valence-electron chi connectivity index (χ3n) is 3.78. The van der Waals surface area contributed by atoms with Gasteiger partial charge in [0.2, 0.25) is 5.91 Å². The van der Waals surface area contributed by atoms with Crippen molar-refractivity contribution < 1.29 is 14.1 Å². The van der Waals surface area contributed by atoms with Crippen LogP contribution in [0.4, 0.5) is 11.4 Å². The lowest BCUT2D eigenvalue weighted by molar-refractivity contribution is -0.384. The second-order valence-electron chi connectivity index (χ2n) is 5.59. The molecular weight excluding hydrogens is 453 g/mol. The molecule has 3 aromatic rings. The minimum Gasteiger partial charge on any atom is -0.407 e. The highest BCUT2D eigenvalue weighted by Crippen LogP contribution is 2.20. The van der Waals surface area contributed by atoms with Crippen molar-refractivity contribution in [3.05, 3.63) is 66.7 Å². The summed E-state index contributed by atoms with van der Waals surface area (Å²) in [6.07, 6.45) is 0.666. The number of carbonyl (C=O) groups is 1. The Hall–Kier alpha value is -2.69. The number of rotatable bonds is 6. The zero-order valence-corrected chi connectivity index (χ0v) is 15.6. The Morgan fingerprint density at radius 1 is 1.23 bits per heavy atom. The summed E-state index contributed by atoms with van der Waals surface area (Å²) in [5.41, 5.74) is 1.20. The van der Waals surface area contributed by atoms with Crippen LogP contribution in [-0.2, 0) is 11.3 Å². The van der Waals surface area contributed by atoms with Gasteiger partial charge in [0.1, 0.15) is 0 Å². The summed E-state index contributed by atoms with van der Waals surface area (Å²) in [5, 5.41) is 13.6. The number of aryl methyl sites for hydroxylation is 1. The smallest absolute Gasteiger partial charge is 0.407 e. The van der Waals surface area contributed by atoms with Crippen molar-refractivity contribution in [1.82, 2.24) is 4.57 Å². The number of fused-ring (bicyclic) bond motifs is 1. The van der Waals surface area contributed by atoms with Crippen LogP contribution in [0, 0.1) is 13.7 Å². The van der Waals surface area contributed by atoms with Crippen LogP contribution in [-0.4, -0.2) is 15.4 Å². The number of anilines is 1. The Bertz CT molecular complexity index is 1020. The Morgan fingerprint density at radius 3 is 2.65 bits per heavy atom. The molecule has 0 atom stereocenters. The molecule has 1 aromatic heterocycles. The molecule has 0 radical (unpaired) electrons. The molecule has 0 aliphatic carbocycles. The van der Waals surface area contributed by atoms with Gasteiger partial charge in [-0.15, -0.1) is 0 Å². The Kier molecular flexibility index (Phi) is 5.35. The van der Waals surface area contributed by atoms with Crippen LogP contribution in [0.15, 0.2) is 51.7 Å². The van der Waals surface area contributed by atoms with E-state index in [-0.39, 0.29) is 30.1 Å². The molecule has 0 unspecified atom stereocenters. The molecule has 1 amide bonds. The number of aromatic nitrogens is 1. The normalized spacial score (nSPS) is 10.8. The van der Waals surface area contributed by atoms with Crippen LogP contribution in [0.3, 0.4) is 0 Å². The fraction of sp³-hybridized carbons (Fsp3) is 0.176. The van der Waals surface area contributed by atoms with Crippen LogP contribution in [0.2, 0.25) is 0 Å². The highest BCUT2D eigenvalue weighted by molar-refractivity contribution is 14.1. The van der Waals surface area contributed by atoms with Gasteiger partial charge < -0.3 is 9.73 Å². The summed E-state index contributed by atoms with van der Waals surface area (Å²) < 4.78 is 7.50. The first-order valence-corrected chi connectivity index (χ1v) is 8.85. The molecule has 0 saturated carbocycles. The van der Waals surface area contributed by atoms with Crippen LogP contribution < -0.4 is 11.1 Å². The lowest BCUT2D eigenvalue weighted by Gasteiger charge is -2.06. The molecule has 134 valence electrons. The highest BCUT2D eigenvalue weighted by Gasteiger charge is 2.14. The van der Waals surface area contributed by atoms with Gasteiger partial charge in [0.05, 0.1) is 16.5 Å². The average molecular weight is 467 g/mol. The maximum Gasteiger partial charge on any atom is 0.419 e. The molecular formula is C17H14IN3O5. The number of non-ortho nitro benzene ring substituents is 1. The minimum absolute atomic E-state index is 0.143. The molecule has 0 saturated heterocycles. The van der Waals surface area contributed by atoms with Crippen molar-refractivity contribution in [2.75, 3.05) is 5.32 Å². The summed E-state index contributed by atoms with van der Waals surface area (Å²) in [4.78, 5) is 34.2. The zero-order valence-electron chi connectivity index (χ0n) is 13.5. The SMILES string of the molecule is O=C(CCCn1c(=O)oc2cc([N+](=O)[O-])ccc21)Nc1ccc(I)cc1. The van der Waals surface area contributed by atoms with Crippen molar-refractivity contribution in [1.29, 1.82) is 0 Å². The van der Waals surface area contributed by atoms with Gasteiger partial charge in [0, 0.05) is 28.3 Å². The van der Waals surface area contributed by atoms with E-state index in [1.807, 2.05) is 24.3 Å². The third kappa shape index (κ3) is 4.10. The molecule has 26 heavy (non-hydrogen) atoms. The van der Waals surface area contributed by atoms with Crippen LogP contribution in [0.5, 0.6) is 0 Å². The summed E-state index contributed by atoms with van der Waals surface area (Å²) in [5.74, 6) is -0.749. The third-order valence-corrected chi connectivity index (χ3v) is 4.50. The number of halogens is 1. The van der Waals surface area contributed by atoms with Crippen LogP contribution >= 0.6 is 22.6 Å². The van der Waals surface area contributed by atoms with E-state index in [0.717, 1.165) is 3.57 Å². The van der Waals surface area contributed by atoms with E-state index in [0.29, 0.717) is 17.6 Å². The maximum absolute atomic E-state index is 12.0. The standard InChI is InChI=1S/C17H14IN3O5/c18-11-3-5-12(6-4-11)19-16(22)2-1-9-20-14-8-7-13(21(24)25)10-15(14)26-17(20)23/h3-8,10H,1-2,9H2,(H,19,22). The number of oxazole rings is 1. The van der Waals surface area contributed by atoms with Crippen LogP contribution in [0.1, 0.15) is 12.8 Å². The van der Waals surface area contributed by atoms with Crippen molar-refractivity contribution in [2.24, 2.45) is 0 Å². The summed E-state index contributed by atoms with van der Waals surface area (Å²) in [6, 6.07) is 11.4. The molecule has 0 aliphatic heterocycles. The van der Waals surface area contributed by atoms with Crippen molar-refractivity contribution in [3.63, 3.8) is 0 Å². The monoisotopic (exact) mass is 467 g/mol. The average Bonchev–Trinajstić information content (AvgIpc) is 2.91. The quantitative estimate of drug-likeness (QED) is 0.339. The van der Waals surface area contributed by atoms with E-state index in [1.165, 1.54) is 22.8 Å². The zero-order chi connectivity index (χ0) is 18.7. The highest BCUT2D eigenvalue weighted by atomic mass is 127. The summed E-state index contributed by atoms with van der Waals surface area (Å²) in [7, 11) is 0. The Balaban J connectivity index is 1.63. The first-order valence-electron chi connectivity index (χ1n) is 7.77. The molecule has 9 heteroatoms. The number of hydrogen-bond donors (Lipinski definition) is 1. The number of nitro benzene ring substituents is 1. The molecule has 0 fully saturated rings. The lowest BCUT2D eigenvalue weighted by atomic mass is 10.2. The maximum atomic E-state index is 12.0. The number of carbonyl (C=O) groups excluding carboxylic acids is 1. The summed E-state index contributed by atoms with van der Waals surface area (Å²) >= 11 is 2.18. The largest absolute Gasteiger partial charge is 0.419 e. The van der Waals surface area contributed by atoms with E-state index in [2.05, 4.69) is 27.9 Å². The van der Waals surface area contributed by atoms with E-state index in [4.69, 9.17) is 4.42 Å². The Morgan fingerprint density at radius 2 is 1.96 bits per heavy atom. The van der Waals surface area contributed by atoms with Crippen LogP contribution in [0.25, 0.3) is 11.1 Å². The van der Waals surface area contributed by atoms with Gasteiger partial charge in [0.15, 0.2) is 5.58 Å². The first-order chi connectivity index (χ1) is 12.4. The fourth-order valence-electron chi connectivity index (χ4n) is 2.53. The van der Waals surface area contributed by atoms with Crippen molar-refractivity contribution in [2.45, 2.75) is 19.4 Å². The van der Waals surface area contributed by atoms with Gasteiger partial charge in [-0.25, -0.2) is 4.79 Å². The predicted molar refractivity (Wildman–Crippen MR) is 104 cm³/mol. The molecule has 1 heterocycles. The molecule has 0 bridgehead atoms. The molecule has 8 nitrogen and oxygen atoms in total. The van der Waals surface area contributed by atoms with Gasteiger partial charge in [-0.2, -0.15) is 0 Å².